The van der Waals surface area contributed by atoms with E-state index >= 15 is 0 Å². The molecule has 0 atom stereocenters. The van der Waals surface area contributed by atoms with E-state index in [0.29, 0.717) is 12.2 Å². The van der Waals surface area contributed by atoms with Crippen LogP contribution in [0.5, 0.6) is 0 Å². The van der Waals surface area contributed by atoms with E-state index in [1.165, 1.54) is 0 Å². The Morgan fingerprint density at radius 1 is 1.11 bits per heavy atom. The number of rotatable bonds is 2. The fourth-order valence-electron chi connectivity index (χ4n) is 0.136. The number of aliphatic carboxylic acids is 2. The number of hydrogen-bond acceptors (Lipinski definition) is 4. The third-order valence-corrected chi connectivity index (χ3v) is 0.355. The standard InChI is InChI=1S/C4H4O4.Na/c5-3(6)1-2-4(7)8;/h1-2H,(H,5,6)(H,7,8);/q;+1/p-1/b2-1+;. The van der Waals surface area contributed by atoms with Crippen molar-refractivity contribution < 1.29 is 50.8 Å². The van der Waals surface area contributed by atoms with Gasteiger partial charge in [-0.25, -0.2) is 0 Å². The SMILES string of the molecule is O=C([O-])/C=C/C(=O)[O-].[H+].[Na+]. The molecular formula is C4H3NaO4. The van der Waals surface area contributed by atoms with E-state index in [0.717, 1.165) is 0 Å². The van der Waals surface area contributed by atoms with Crippen molar-refractivity contribution in [1.82, 2.24) is 0 Å². The first-order chi connectivity index (χ1) is 3.63. The Bertz CT molecular complexity index is 128. The van der Waals surface area contributed by atoms with E-state index in [4.69, 9.17) is 0 Å². The molecule has 5 heteroatoms. The largest absolute Gasteiger partial charge is 1.00 e. The van der Waals surface area contributed by atoms with E-state index in [9.17, 15) is 19.8 Å². The molecule has 0 rings (SSSR count). The van der Waals surface area contributed by atoms with Gasteiger partial charge in [-0.15, -0.1) is 0 Å². The summed E-state index contributed by atoms with van der Waals surface area (Å²) in [6.07, 6.45) is 0.769. The van der Waals surface area contributed by atoms with Gasteiger partial charge in [0, 0.05) is 0 Å². The molecule has 44 valence electrons. The second-order valence-corrected chi connectivity index (χ2v) is 0.971. The van der Waals surface area contributed by atoms with E-state index in [1.54, 1.807) is 0 Å². The molecule has 0 spiro atoms. The molecular weight excluding hydrogens is 135 g/mol. The minimum Gasteiger partial charge on any atom is -0.545 e. The topological polar surface area (TPSA) is 80.3 Å². The fourth-order valence-corrected chi connectivity index (χ4v) is 0.136. The van der Waals surface area contributed by atoms with Gasteiger partial charge in [0.15, 0.2) is 0 Å². The van der Waals surface area contributed by atoms with Crippen molar-refractivity contribution in [2.45, 2.75) is 0 Å². The first kappa shape index (κ1) is 11.5. The molecule has 0 aromatic carbocycles. The molecule has 0 saturated heterocycles. The van der Waals surface area contributed by atoms with Crippen molar-refractivity contribution in [2.24, 2.45) is 0 Å². The molecule has 0 radical (unpaired) electrons. The Morgan fingerprint density at radius 3 is 1.44 bits per heavy atom. The first-order valence-electron chi connectivity index (χ1n) is 1.73. The summed E-state index contributed by atoms with van der Waals surface area (Å²) in [6.45, 7) is 0. The fraction of sp³-hybridized carbons (Fsp3) is 0. The minimum absolute atomic E-state index is 0. The van der Waals surface area contributed by atoms with Crippen molar-refractivity contribution >= 4 is 11.9 Å². The van der Waals surface area contributed by atoms with Gasteiger partial charge >= 0.3 is 31.0 Å². The maximum Gasteiger partial charge on any atom is 1.00 e. The van der Waals surface area contributed by atoms with Crippen molar-refractivity contribution in [3.8, 4) is 0 Å². The van der Waals surface area contributed by atoms with Crippen LogP contribution in [0.1, 0.15) is 1.43 Å². The quantitative estimate of drug-likeness (QED) is 0.281. The molecule has 0 aliphatic rings. The van der Waals surface area contributed by atoms with Gasteiger partial charge in [-0.05, 0) is 12.2 Å². The van der Waals surface area contributed by atoms with Gasteiger partial charge in [-0.1, -0.05) is 0 Å². The van der Waals surface area contributed by atoms with Gasteiger partial charge in [0.05, 0.1) is 11.9 Å². The van der Waals surface area contributed by atoms with Crippen molar-refractivity contribution in [1.29, 1.82) is 0 Å². The molecule has 9 heavy (non-hydrogen) atoms. The third kappa shape index (κ3) is 11.3. The summed E-state index contributed by atoms with van der Waals surface area (Å²) in [7, 11) is 0. The molecule has 0 unspecified atom stereocenters. The van der Waals surface area contributed by atoms with Crippen LogP contribution >= 0.6 is 0 Å². The van der Waals surface area contributed by atoms with E-state index < -0.39 is 11.9 Å². The van der Waals surface area contributed by atoms with Crippen LogP contribution in [0.2, 0.25) is 0 Å². The molecule has 0 aromatic rings. The van der Waals surface area contributed by atoms with Crippen molar-refractivity contribution in [3.63, 3.8) is 0 Å². The molecule has 0 N–H and O–H groups in total. The van der Waals surface area contributed by atoms with Gasteiger partial charge in [-0.3, -0.25) is 0 Å². The molecule has 0 aliphatic heterocycles. The van der Waals surface area contributed by atoms with Gasteiger partial charge < -0.3 is 19.8 Å². The van der Waals surface area contributed by atoms with E-state index in [-0.39, 0.29) is 31.0 Å². The Labute approximate surface area is 75.0 Å². The zero-order chi connectivity index (χ0) is 6.57. The number of carboxylic acid groups (broad SMARTS) is 2. The zero-order valence-electron chi connectivity index (χ0n) is 5.79. The van der Waals surface area contributed by atoms with Crippen LogP contribution in [0, 0.1) is 0 Å². The molecule has 0 bridgehead atoms. The molecule has 0 aliphatic carbocycles. The average molecular weight is 138 g/mol. The van der Waals surface area contributed by atoms with Gasteiger partial charge in [0.25, 0.3) is 0 Å². The summed E-state index contributed by atoms with van der Waals surface area (Å²) in [5, 5.41) is 18.8. The maximum atomic E-state index is 9.41. The summed E-state index contributed by atoms with van der Waals surface area (Å²) in [6, 6.07) is 0. The predicted octanol–water partition coefficient (Wildman–Crippen LogP) is -5.84. The summed E-state index contributed by atoms with van der Waals surface area (Å²) in [4.78, 5) is 18.8. The number of hydrogen-bond donors (Lipinski definition) is 0. The Morgan fingerprint density at radius 2 is 1.33 bits per heavy atom. The summed E-state index contributed by atoms with van der Waals surface area (Å²) in [5.41, 5.74) is 0. The summed E-state index contributed by atoms with van der Waals surface area (Å²) < 4.78 is 0. The summed E-state index contributed by atoms with van der Waals surface area (Å²) in [5.74, 6) is -3.09. The van der Waals surface area contributed by atoms with Gasteiger partial charge in [-0.2, -0.15) is 0 Å². The second kappa shape index (κ2) is 5.81. The van der Waals surface area contributed by atoms with Crippen LogP contribution in [0.4, 0.5) is 0 Å². The normalized spacial score (nSPS) is 8.44. The molecule has 0 saturated carbocycles. The van der Waals surface area contributed by atoms with Crippen LogP contribution in [0.25, 0.3) is 0 Å². The van der Waals surface area contributed by atoms with Crippen LogP contribution in [-0.2, 0) is 9.59 Å². The minimum atomic E-state index is -1.55. The predicted molar refractivity (Wildman–Crippen MR) is 20.3 cm³/mol. The smallest absolute Gasteiger partial charge is 0.545 e. The zero-order valence-corrected chi connectivity index (χ0v) is 6.79. The monoisotopic (exact) mass is 138 g/mol. The van der Waals surface area contributed by atoms with Crippen LogP contribution in [0.3, 0.4) is 0 Å². The maximum absolute atomic E-state index is 9.41. The van der Waals surface area contributed by atoms with Crippen molar-refractivity contribution in [2.75, 3.05) is 0 Å². The first-order valence-corrected chi connectivity index (χ1v) is 1.73. The molecule has 0 fully saturated rings. The van der Waals surface area contributed by atoms with Gasteiger partial charge in [0.1, 0.15) is 0 Å². The van der Waals surface area contributed by atoms with Gasteiger partial charge in [0.2, 0.25) is 0 Å². The summed E-state index contributed by atoms with van der Waals surface area (Å²) >= 11 is 0. The molecule has 4 nitrogen and oxygen atoms in total. The molecule has 0 heterocycles. The van der Waals surface area contributed by atoms with E-state index in [2.05, 4.69) is 0 Å². The Balaban J connectivity index is -0.000000245. The van der Waals surface area contributed by atoms with Crippen molar-refractivity contribution in [3.05, 3.63) is 12.2 Å². The second-order valence-electron chi connectivity index (χ2n) is 0.971. The van der Waals surface area contributed by atoms with Crippen LogP contribution < -0.4 is 39.8 Å². The van der Waals surface area contributed by atoms with E-state index in [1.807, 2.05) is 0 Å². The number of carboxylic acids is 2. The average Bonchev–Trinajstić information content (AvgIpc) is 1.61. The van der Waals surface area contributed by atoms with Crippen LogP contribution in [0.15, 0.2) is 12.2 Å². The number of carbonyl (C=O) groups excluding carboxylic acids is 2. The van der Waals surface area contributed by atoms with Crippen LogP contribution in [-0.4, -0.2) is 11.9 Å². The Hall–Kier alpha value is -0.320. The molecule has 0 aromatic heterocycles. The third-order valence-electron chi connectivity index (χ3n) is 0.355. The Kier molecular flexibility index (Phi) is 7.41. The number of carbonyl (C=O) groups is 2. The molecule has 0 amide bonds.